The number of benzene rings is 1. The Bertz CT molecular complexity index is 613. The van der Waals surface area contributed by atoms with Gasteiger partial charge in [-0.25, -0.2) is 0 Å². The van der Waals surface area contributed by atoms with Crippen LogP contribution in [0.2, 0.25) is 0 Å². The fourth-order valence-corrected chi connectivity index (χ4v) is 2.04. The predicted molar refractivity (Wildman–Crippen MR) is 71.7 cm³/mol. The number of nitroso groups, excluding NO2 is 1. The van der Waals surface area contributed by atoms with Crippen LogP contribution in [0.15, 0.2) is 60.0 Å². The molecular weight excluding hydrogens is 228 g/mol. The number of para-hydroxylation sites is 2. The zero-order chi connectivity index (χ0) is 13.0. The average molecular weight is 242 g/mol. The molecule has 18 heavy (non-hydrogen) atoms. The first-order chi connectivity index (χ1) is 8.83. The first kappa shape index (κ1) is 12.0. The van der Waals surface area contributed by atoms with Gasteiger partial charge in [-0.2, -0.15) is 0 Å². The number of hydrogen-bond donors (Lipinski definition) is 0. The van der Waals surface area contributed by atoms with Gasteiger partial charge in [-0.05, 0) is 12.1 Å². The van der Waals surface area contributed by atoms with E-state index in [-0.39, 0.29) is 0 Å². The summed E-state index contributed by atoms with van der Waals surface area (Å²) in [4.78, 5) is 10.5. The van der Waals surface area contributed by atoms with Crippen LogP contribution in [0.5, 0.6) is 0 Å². The molecule has 0 N–H and O–H groups in total. The SMILES string of the molecule is C=CCn1c(=NN=O)n(CC=C)c2ccccc21. The summed E-state index contributed by atoms with van der Waals surface area (Å²) in [6.45, 7) is 8.57. The highest BCUT2D eigenvalue weighted by Crippen LogP contribution is 2.12. The maximum atomic E-state index is 10.5. The molecule has 0 unspecified atom stereocenters. The zero-order valence-electron chi connectivity index (χ0n) is 9.99. The minimum absolute atomic E-state index is 0.506. The van der Waals surface area contributed by atoms with E-state index < -0.39 is 0 Å². The molecular formula is C13H14N4O. The lowest BCUT2D eigenvalue weighted by atomic mass is 10.3. The van der Waals surface area contributed by atoms with E-state index in [9.17, 15) is 4.91 Å². The molecule has 0 aliphatic heterocycles. The van der Waals surface area contributed by atoms with Crippen molar-refractivity contribution in [3.05, 3.63) is 60.1 Å². The maximum Gasteiger partial charge on any atom is 0.234 e. The molecule has 0 saturated heterocycles. The van der Waals surface area contributed by atoms with Gasteiger partial charge in [0.1, 0.15) is 0 Å². The Hall–Kier alpha value is -2.43. The minimum Gasteiger partial charge on any atom is -0.305 e. The van der Waals surface area contributed by atoms with Crippen LogP contribution >= 0.6 is 0 Å². The molecule has 0 atom stereocenters. The van der Waals surface area contributed by atoms with E-state index in [4.69, 9.17) is 0 Å². The van der Waals surface area contributed by atoms with Gasteiger partial charge < -0.3 is 9.13 Å². The van der Waals surface area contributed by atoms with Crippen molar-refractivity contribution in [1.29, 1.82) is 0 Å². The first-order valence-corrected chi connectivity index (χ1v) is 5.59. The number of nitrogens with zero attached hydrogens (tertiary/aromatic N) is 4. The van der Waals surface area contributed by atoms with E-state index in [1.165, 1.54) is 0 Å². The van der Waals surface area contributed by atoms with Crippen molar-refractivity contribution in [2.75, 3.05) is 0 Å². The first-order valence-electron chi connectivity index (χ1n) is 5.59. The van der Waals surface area contributed by atoms with Crippen molar-refractivity contribution >= 4 is 11.0 Å². The summed E-state index contributed by atoms with van der Waals surface area (Å²) < 4.78 is 3.79. The van der Waals surface area contributed by atoms with Gasteiger partial charge in [0.15, 0.2) is 0 Å². The number of hydrogen-bond acceptors (Lipinski definition) is 2. The second-order valence-electron chi connectivity index (χ2n) is 3.77. The quantitative estimate of drug-likeness (QED) is 0.451. The zero-order valence-corrected chi connectivity index (χ0v) is 9.99. The second kappa shape index (κ2) is 5.27. The number of fused-ring (bicyclic) bond motifs is 1. The molecule has 0 bridgehead atoms. The Labute approximate surface area is 104 Å². The molecule has 0 aliphatic rings. The summed E-state index contributed by atoms with van der Waals surface area (Å²) >= 11 is 0. The third-order valence-electron chi connectivity index (χ3n) is 2.70. The van der Waals surface area contributed by atoms with Gasteiger partial charge in [0.05, 0.1) is 16.3 Å². The highest BCUT2D eigenvalue weighted by Gasteiger charge is 2.09. The largest absolute Gasteiger partial charge is 0.305 e. The summed E-state index contributed by atoms with van der Waals surface area (Å²) in [5, 5.41) is 6.33. The number of aromatic nitrogens is 2. The lowest BCUT2D eigenvalue weighted by molar-refractivity contribution is 0.681. The number of imidazole rings is 1. The molecule has 0 fully saturated rings. The standard InChI is InChI=1S/C13H14N4O/c1-3-9-16-11-7-5-6-8-12(11)17(10-4-2)13(16)14-15-18/h3-8H,1-2,9-10H2. The molecule has 1 aromatic carbocycles. The highest BCUT2D eigenvalue weighted by atomic mass is 16.3. The Morgan fingerprint density at radius 1 is 1.06 bits per heavy atom. The highest BCUT2D eigenvalue weighted by molar-refractivity contribution is 5.76. The molecule has 2 aromatic rings. The summed E-state index contributed by atoms with van der Waals surface area (Å²) in [6, 6.07) is 7.83. The lowest BCUT2D eigenvalue weighted by Gasteiger charge is -1.99. The van der Waals surface area contributed by atoms with Crippen molar-refractivity contribution < 1.29 is 0 Å². The topological polar surface area (TPSA) is 51.6 Å². The number of rotatable bonds is 5. The third-order valence-corrected chi connectivity index (χ3v) is 2.70. The Morgan fingerprint density at radius 2 is 1.56 bits per heavy atom. The van der Waals surface area contributed by atoms with Crippen molar-refractivity contribution in [3.8, 4) is 0 Å². The molecule has 2 rings (SSSR count). The van der Waals surface area contributed by atoms with Crippen LogP contribution < -0.4 is 5.62 Å². The number of allylic oxidation sites excluding steroid dienone is 2. The second-order valence-corrected chi connectivity index (χ2v) is 3.77. The van der Waals surface area contributed by atoms with Crippen LogP contribution in [0.3, 0.4) is 0 Å². The minimum atomic E-state index is 0.506. The van der Waals surface area contributed by atoms with Crippen molar-refractivity contribution in [1.82, 2.24) is 9.13 Å². The van der Waals surface area contributed by atoms with E-state index in [1.807, 2.05) is 33.4 Å². The van der Waals surface area contributed by atoms with Crippen molar-refractivity contribution in [3.63, 3.8) is 0 Å². The Morgan fingerprint density at radius 3 is 1.94 bits per heavy atom. The van der Waals surface area contributed by atoms with Crippen LogP contribution in [0.25, 0.3) is 11.0 Å². The molecule has 0 amide bonds. The van der Waals surface area contributed by atoms with Gasteiger partial charge in [-0.1, -0.05) is 29.4 Å². The van der Waals surface area contributed by atoms with Gasteiger partial charge in [-0.15, -0.1) is 18.1 Å². The van der Waals surface area contributed by atoms with Gasteiger partial charge in [-0.3, -0.25) is 0 Å². The van der Waals surface area contributed by atoms with Crippen LogP contribution in [0, 0.1) is 4.91 Å². The van der Waals surface area contributed by atoms with Gasteiger partial charge in [0.25, 0.3) is 0 Å². The van der Waals surface area contributed by atoms with Crippen LogP contribution in [-0.2, 0) is 13.1 Å². The monoisotopic (exact) mass is 242 g/mol. The normalized spacial score (nSPS) is 10.2. The van der Waals surface area contributed by atoms with Gasteiger partial charge in [0.2, 0.25) is 5.62 Å². The van der Waals surface area contributed by atoms with Gasteiger partial charge in [0, 0.05) is 13.1 Å². The Balaban J connectivity index is 2.89. The molecule has 1 aromatic heterocycles. The average Bonchev–Trinajstić information content (AvgIpc) is 2.67. The summed E-state index contributed by atoms with van der Waals surface area (Å²) in [6.07, 6.45) is 3.52. The molecule has 1 heterocycles. The van der Waals surface area contributed by atoms with Crippen LogP contribution in [-0.4, -0.2) is 9.13 Å². The van der Waals surface area contributed by atoms with Gasteiger partial charge >= 0.3 is 0 Å². The predicted octanol–water partition coefficient (Wildman–Crippen LogP) is 2.40. The van der Waals surface area contributed by atoms with Crippen LogP contribution in [0.1, 0.15) is 0 Å². The molecule has 92 valence electrons. The van der Waals surface area contributed by atoms with E-state index >= 15 is 0 Å². The molecule has 5 heteroatoms. The van der Waals surface area contributed by atoms with E-state index in [2.05, 4.69) is 23.5 Å². The van der Waals surface area contributed by atoms with Crippen molar-refractivity contribution in [2.24, 2.45) is 10.4 Å². The van der Waals surface area contributed by atoms with E-state index in [0.717, 1.165) is 11.0 Å². The fourth-order valence-electron chi connectivity index (χ4n) is 2.04. The molecule has 0 aliphatic carbocycles. The third kappa shape index (κ3) is 1.90. The lowest BCUT2D eigenvalue weighted by Crippen LogP contribution is -2.25. The summed E-state index contributed by atoms with van der Waals surface area (Å²) in [5.41, 5.74) is 2.48. The molecule has 0 spiro atoms. The maximum absolute atomic E-state index is 10.5. The molecule has 5 nitrogen and oxygen atoms in total. The summed E-state index contributed by atoms with van der Waals surface area (Å²) in [5.74, 6) is 0. The molecule has 0 radical (unpaired) electrons. The smallest absolute Gasteiger partial charge is 0.234 e. The van der Waals surface area contributed by atoms with E-state index in [1.54, 1.807) is 12.2 Å². The molecule has 0 saturated carbocycles. The van der Waals surface area contributed by atoms with Crippen LogP contribution in [0.4, 0.5) is 0 Å². The fraction of sp³-hybridized carbons (Fsp3) is 0.154. The van der Waals surface area contributed by atoms with Crippen molar-refractivity contribution in [2.45, 2.75) is 13.1 Å². The summed E-state index contributed by atoms with van der Waals surface area (Å²) in [7, 11) is 0. The van der Waals surface area contributed by atoms with E-state index in [0.29, 0.717) is 18.7 Å². The Kier molecular flexibility index (Phi) is 3.52.